The SMILES string of the molecule is O=C([C@@H]1CNC[C@]12CN(S(=O)(=O)c1ccccc1)Cc1cc(Br)ccc12)N1CC[C@@H](c2ccccc2)C[C@H]1C1CCCCC1. The first kappa shape index (κ1) is 30.2. The first-order valence-electron chi connectivity index (χ1n) is 16.3. The molecule has 0 unspecified atom stereocenters. The number of carbonyl (C=O) groups excluding carboxylic acids is 1. The molecule has 1 spiro atoms. The molecule has 8 heteroatoms. The quantitative estimate of drug-likeness (QED) is 0.337. The number of nitrogens with zero attached hydrogens (tertiary/aromatic N) is 2. The van der Waals surface area contributed by atoms with E-state index >= 15 is 0 Å². The Morgan fingerprint density at radius 3 is 2.39 bits per heavy atom. The van der Waals surface area contributed by atoms with E-state index in [0.29, 0.717) is 36.4 Å². The maximum absolute atomic E-state index is 15.0. The molecule has 0 radical (unpaired) electrons. The second-order valence-corrected chi connectivity index (χ2v) is 16.2. The maximum Gasteiger partial charge on any atom is 0.243 e. The lowest BCUT2D eigenvalue weighted by Gasteiger charge is -2.49. The number of piperidine rings is 1. The van der Waals surface area contributed by atoms with Crippen LogP contribution in [0.15, 0.2) is 88.2 Å². The van der Waals surface area contributed by atoms with Crippen LogP contribution in [0.5, 0.6) is 0 Å². The molecular formula is C36H42BrN3O3S. The average Bonchev–Trinajstić information content (AvgIpc) is 3.48. The third-order valence-electron chi connectivity index (χ3n) is 10.9. The molecule has 44 heavy (non-hydrogen) atoms. The molecule has 1 N–H and O–H groups in total. The summed E-state index contributed by atoms with van der Waals surface area (Å²) in [5.74, 6) is 0.844. The molecule has 232 valence electrons. The van der Waals surface area contributed by atoms with Gasteiger partial charge in [-0.3, -0.25) is 4.79 Å². The highest BCUT2D eigenvalue weighted by Crippen LogP contribution is 2.47. The van der Waals surface area contributed by atoms with Gasteiger partial charge in [0.25, 0.3) is 0 Å². The van der Waals surface area contributed by atoms with Gasteiger partial charge in [0.15, 0.2) is 0 Å². The monoisotopic (exact) mass is 675 g/mol. The lowest BCUT2D eigenvalue weighted by atomic mass is 9.67. The number of nitrogens with one attached hydrogen (secondary N) is 1. The summed E-state index contributed by atoms with van der Waals surface area (Å²) in [7, 11) is -3.76. The van der Waals surface area contributed by atoms with E-state index in [1.807, 2.05) is 18.2 Å². The van der Waals surface area contributed by atoms with Gasteiger partial charge in [0.1, 0.15) is 0 Å². The number of rotatable bonds is 5. The molecule has 1 aliphatic carbocycles. The van der Waals surface area contributed by atoms with E-state index in [0.717, 1.165) is 35.0 Å². The average molecular weight is 677 g/mol. The van der Waals surface area contributed by atoms with E-state index in [1.54, 1.807) is 28.6 Å². The summed E-state index contributed by atoms with van der Waals surface area (Å²) >= 11 is 3.63. The summed E-state index contributed by atoms with van der Waals surface area (Å²) in [6.07, 6.45) is 8.10. The van der Waals surface area contributed by atoms with Crippen LogP contribution < -0.4 is 5.32 Å². The van der Waals surface area contributed by atoms with Crippen molar-refractivity contribution in [2.75, 3.05) is 26.2 Å². The van der Waals surface area contributed by atoms with Crippen LogP contribution in [0.4, 0.5) is 0 Å². The van der Waals surface area contributed by atoms with Gasteiger partial charge in [-0.2, -0.15) is 4.31 Å². The summed E-state index contributed by atoms with van der Waals surface area (Å²) in [4.78, 5) is 17.5. The summed E-state index contributed by atoms with van der Waals surface area (Å²) in [5, 5.41) is 3.57. The van der Waals surface area contributed by atoms with Gasteiger partial charge >= 0.3 is 0 Å². The zero-order valence-corrected chi connectivity index (χ0v) is 27.6. The molecule has 3 aromatic rings. The highest BCUT2D eigenvalue weighted by atomic mass is 79.9. The van der Waals surface area contributed by atoms with Crippen molar-refractivity contribution in [1.29, 1.82) is 0 Å². The summed E-state index contributed by atoms with van der Waals surface area (Å²) in [6, 6.07) is 26.0. The van der Waals surface area contributed by atoms with E-state index < -0.39 is 15.4 Å². The van der Waals surface area contributed by atoms with Crippen LogP contribution in [0.1, 0.15) is 67.6 Å². The Morgan fingerprint density at radius 2 is 1.64 bits per heavy atom. The van der Waals surface area contributed by atoms with E-state index in [-0.39, 0.29) is 24.4 Å². The molecule has 0 aromatic heterocycles. The molecule has 4 aliphatic rings. The van der Waals surface area contributed by atoms with Crippen molar-refractivity contribution in [3.05, 3.63) is 100 Å². The number of hydrogen-bond acceptors (Lipinski definition) is 4. The first-order valence-corrected chi connectivity index (χ1v) is 18.5. The molecule has 3 fully saturated rings. The molecule has 1 saturated carbocycles. The van der Waals surface area contributed by atoms with E-state index in [1.165, 1.54) is 37.7 Å². The zero-order chi connectivity index (χ0) is 30.3. The molecule has 3 aromatic carbocycles. The van der Waals surface area contributed by atoms with E-state index in [2.05, 4.69) is 62.5 Å². The van der Waals surface area contributed by atoms with Crippen molar-refractivity contribution in [2.45, 2.75) is 73.8 Å². The Labute approximate surface area is 270 Å². The minimum atomic E-state index is -3.76. The molecule has 0 bridgehead atoms. The number of fused-ring (bicyclic) bond motifs is 2. The maximum atomic E-state index is 15.0. The molecule has 6 nitrogen and oxygen atoms in total. The van der Waals surface area contributed by atoms with Gasteiger partial charge < -0.3 is 10.2 Å². The Hall–Kier alpha value is -2.52. The summed E-state index contributed by atoms with van der Waals surface area (Å²) in [5.41, 5.74) is 2.82. The van der Waals surface area contributed by atoms with Crippen molar-refractivity contribution in [3.8, 4) is 0 Å². The topological polar surface area (TPSA) is 69.7 Å². The van der Waals surface area contributed by atoms with Crippen LogP contribution in [-0.4, -0.2) is 55.8 Å². The predicted molar refractivity (Wildman–Crippen MR) is 177 cm³/mol. The second kappa shape index (κ2) is 12.3. The fraction of sp³-hybridized carbons (Fsp3) is 0.472. The van der Waals surface area contributed by atoms with Crippen molar-refractivity contribution in [1.82, 2.24) is 14.5 Å². The van der Waals surface area contributed by atoms with Crippen LogP contribution in [-0.2, 0) is 26.8 Å². The number of sulfonamides is 1. The molecular weight excluding hydrogens is 634 g/mol. The largest absolute Gasteiger partial charge is 0.339 e. The second-order valence-electron chi connectivity index (χ2n) is 13.4. The van der Waals surface area contributed by atoms with Crippen LogP contribution >= 0.6 is 15.9 Å². The number of hydrogen-bond donors (Lipinski definition) is 1. The van der Waals surface area contributed by atoms with Crippen molar-refractivity contribution >= 4 is 31.9 Å². The number of likely N-dealkylation sites (tertiary alicyclic amines) is 1. The molecule has 3 aliphatic heterocycles. The number of carbonyl (C=O) groups is 1. The van der Waals surface area contributed by atoms with Crippen molar-refractivity contribution in [3.63, 3.8) is 0 Å². The molecule has 2 saturated heterocycles. The molecule has 7 rings (SSSR count). The van der Waals surface area contributed by atoms with Crippen LogP contribution in [0, 0.1) is 11.8 Å². The normalized spacial score (nSPS) is 28.2. The highest BCUT2D eigenvalue weighted by Gasteiger charge is 2.55. The lowest BCUT2D eigenvalue weighted by Crippen LogP contribution is -2.58. The van der Waals surface area contributed by atoms with E-state index in [9.17, 15) is 13.2 Å². The van der Waals surface area contributed by atoms with Gasteiger partial charge in [-0.25, -0.2) is 8.42 Å². The third-order valence-corrected chi connectivity index (χ3v) is 13.2. The highest BCUT2D eigenvalue weighted by molar-refractivity contribution is 9.10. The zero-order valence-electron chi connectivity index (χ0n) is 25.2. The molecule has 4 atom stereocenters. The molecule has 3 heterocycles. The van der Waals surface area contributed by atoms with E-state index in [4.69, 9.17) is 0 Å². The fourth-order valence-corrected chi connectivity index (χ4v) is 10.6. The van der Waals surface area contributed by atoms with Gasteiger partial charge in [-0.15, -0.1) is 0 Å². The van der Waals surface area contributed by atoms with Gasteiger partial charge in [0.2, 0.25) is 15.9 Å². The first-order chi connectivity index (χ1) is 21.4. The van der Waals surface area contributed by atoms with Gasteiger partial charge in [-0.05, 0) is 78.5 Å². The van der Waals surface area contributed by atoms with Crippen molar-refractivity contribution in [2.24, 2.45) is 11.8 Å². The lowest BCUT2D eigenvalue weighted by molar-refractivity contribution is -0.143. The van der Waals surface area contributed by atoms with Gasteiger partial charge in [0, 0.05) is 48.7 Å². The van der Waals surface area contributed by atoms with Crippen LogP contribution in [0.25, 0.3) is 0 Å². The predicted octanol–water partition coefficient (Wildman–Crippen LogP) is 6.47. The number of benzene rings is 3. The van der Waals surface area contributed by atoms with Crippen molar-refractivity contribution < 1.29 is 13.2 Å². The standard InChI is InChI=1S/C36H42BrN3O3S/c37-30-16-17-32-29(20-30)23-39(44(42,43)31-14-8-3-9-15-31)25-36(32)24-38-22-33(36)35(41)40-19-18-28(26-10-4-1-5-11-26)21-34(40)27-12-6-2-7-13-27/h1,3-5,8-11,14-17,20,27-28,33-34,38H,2,6-7,12-13,18-19,21-25H2/t28-,33+,34+,36-/m1/s1. The fourth-order valence-electron chi connectivity index (χ4n) is 8.73. The Morgan fingerprint density at radius 1 is 0.909 bits per heavy atom. The van der Waals surface area contributed by atoms with Gasteiger partial charge in [-0.1, -0.05) is 89.8 Å². The Balaban J connectivity index is 1.24. The minimum absolute atomic E-state index is 0.199. The van der Waals surface area contributed by atoms with Crippen LogP contribution in [0.2, 0.25) is 0 Å². The third kappa shape index (κ3) is 5.46. The summed E-state index contributed by atoms with van der Waals surface area (Å²) in [6.45, 7) is 2.47. The molecule has 1 amide bonds. The number of amides is 1. The van der Waals surface area contributed by atoms with Crippen LogP contribution in [0.3, 0.4) is 0 Å². The Kier molecular flexibility index (Phi) is 8.46. The summed E-state index contributed by atoms with van der Waals surface area (Å²) < 4.78 is 30.6. The Bertz CT molecular complexity index is 1600. The minimum Gasteiger partial charge on any atom is -0.339 e. The van der Waals surface area contributed by atoms with Gasteiger partial charge in [0.05, 0.1) is 10.8 Å². The smallest absolute Gasteiger partial charge is 0.243 e. The number of halogens is 1.